The largest absolute Gasteiger partial charge is 0.222 e. The number of benzene rings is 2. The van der Waals surface area contributed by atoms with Gasteiger partial charge < -0.3 is 0 Å². The molecule has 0 radical (unpaired) electrons. The fourth-order valence-corrected chi connectivity index (χ4v) is 3.10. The number of rotatable bonds is 4. The highest BCUT2D eigenvalue weighted by Crippen LogP contribution is 2.26. The Morgan fingerprint density at radius 3 is 2.41 bits per heavy atom. The molecule has 2 aromatic carbocycles. The molecule has 4 heteroatoms. The number of nitrogens with zero attached hydrogens (tertiary/aromatic N) is 2. The number of thioether (sulfide) groups is 1. The summed E-state index contributed by atoms with van der Waals surface area (Å²) in [5.41, 5.74) is 4.38. The summed E-state index contributed by atoms with van der Waals surface area (Å²) in [6.07, 6.45) is 0. The van der Waals surface area contributed by atoms with Crippen LogP contribution >= 0.6 is 23.4 Å². The lowest BCUT2D eigenvalue weighted by atomic mass is 10.1. The summed E-state index contributed by atoms with van der Waals surface area (Å²) in [6.45, 7) is 2.07. The maximum absolute atomic E-state index is 6.15. The van der Waals surface area contributed by atoms with Gasteiger partial charge in [-0.2, -0.15) is 0 Å². The van der Waals surface area contributed by atoms with Gasteiger partial charge in [0.15, 0.2) is 5.16 Å². The molecule has 0 fully saturated rings. The van der Waals surface area contributed by atoms with Crippen LogP contribution < -0.4 is 0 Å². The van der Waals surface area contributed by atoms with Gasteiger partial charge in [0.05, 0.1) is 5.69 Å². The SMILES string of the molecule is Cc1ccc(-c2cc(Cl)nc(SCc3ccccc3)n2)cc1. The zero-order chi connectivity index (χ0) is 15.4. The lowest BCUT2D eigenvalue weighted by molar-refractivity contribution is 0.972. The molecule has 0 aliphatic carbocycles. The van der Waals surface area contributed by atoms with Crippen molar-refractivity contribution in [3.05, 3.63) is 76.9 Å². The Morgan fingerprint density at radius 2 is 1.68 bits per heavy atom. The monoisotopic (exact) mass is 326 g/mol. The molecule has 3 rings (SSSR count). The van der Waals surface area contributed by atoms with Gasteiger partial charge in [0.2, 0.25) is 0 Å². The predicted octanol–water partition coefficient (Wildman–Crippen LogP) is 5.40. The Morgan fingerprint density at radius 1 is 0.955 bits per heavy atom. The van der Waals surface area contributed by atoms with Crippen LogP contribution in [0, 0.1) is 6.92 Å². The van der Waals surface area contributed by atoms with Crippen LogP contribution in [-0.4, -0.2) is 9.97 Å². The zero-order valence-electron chi connectivity index (χ0n) is 12.2. The van der Waals surface area contributed by atoms with E-state index in [0.717, 1.165) is 17.0 Å². The van der Waals surface area contributed by atoms with E-state index in [2.05, 4.69) is 53.3 Å². The van der Waals surface area contributed by atoms with Crippen molar-refractivity contribution >= 4 is 23.4 Å². The van der Waals surface area contributed by atoms with Gasteiger partial charge in [-0.25, -0.2) is 9.97 Å². The molecule has 2 nitrogen and oxygen atoms in total. The van der Waals surface area contributed by atoms with Crippen LogP contribution in [0.3, 0.4) is 0 Å². The molecule has 0 aliphatic rings. The topological polar surface area (TPSA) is 25.8 Å². The summed E-state index contributed by atoms with van der Waals surface area (Å²) < 4.78 is 0. The number of aromatic nitrogens is 2. The molecule has 1 aromatic heterocycles. The smallest absolute Gasteiger partial charge is 0.189 e. The number of hydrogen-bond donors (Lipinski definition) is 0. The first-order valence-corrected chi connectivity index (χ1v) is 8.35. The van der Waals surface area contributed by atoms with Crippen LogP contribution in [0.1, 0.15) is 11.1 Å². The molecule has 1 heterocycles. The molecule has 0 N–H and O–H groups in total. The minimum absolute atomic E-state index is 0.473. The number of aryl methyl sites for hydroxylation is 1. The summed E-state index contributed by atoms with van der Waals surface area (Å²) in [5.74, 6) is 0.828. The Bertz CT molecular complexity index is 758. The van der Waals surface area contributed by atoms with Gasteiger partial charge in [-0.3, -0.25) is 0 Å². The van der Waals surface area contributed by atoms with E-state index in [1.165, 1.54) is 11.1 Å². The first-order valence-electron chi connectivity index (χ1n) is 6.99. The third-order valence-electron chi connectivity index (χ3n) is 3.23. The Hall–Kier alpha value is -1.84. The molecule has 0 saturated carbocycles. The van der Waals surface area contributed by atoms with Gasteiger partial charge in [0, 0.05) is 17.4 Å². The maximum atomic E-state index is 6.15. The second-order valence-corrected chi connectivity index (χ2v) is 6.33. The van der Waals surface area contributed by atoms with Gasteiger partial charge in [0.25, 0.3) is 0 Å². The molecule has 0 spiro atoms. The molecule has 0 aliphatic heterocycles. The van der Waals surface area contributed by atoms with Crippen molar-refractivity contribution in [1.82, 2.24) is 9.97 Å². The molecular weight excluding hydrogens is 312 g/mol. The molecular formula is C18H15ClN2S. The van der Waals surface area contributed by atoms with Crippen LogP contribution in [0.5, 0.6) is 0 Å². The van der Waals surface area contributed by atoms with Gasteiger partial charge in [-0.15, -0.1) is 0 Å². The fraction of sp³-hybridized carbons (Fsp3) is 0.111. The predicted molar refractivity (Wildman–Crippen MR) is 93.2 cm³/mol. The third-order valence-corrected chi connectivity index (χ3v) is 4.34. The van der Waals surface area contributed by atoms with E-state index in [1.54, 1.807) is 17.8 Å². The highest BCUT2D eigenvalue weighted by molar-refractivity contribution is 7.98. The van der Waals surface area contributed by atoms with Gasteiger partial charge in [-0.05, 0) is 12.5 Å². The van der Waals surface area contributed by atoms with Gasteiger partial charge in [0.1, 0.15) is 5.15 Å². The van der Waals surface area contributed by atoms with E-state index in [-0.39, 0.29) is 0 Å². The lowest BCUT2D eigenvalue weighted by Crippen LogP contribution is -1.92. The first-order chi connectivity index (χ1) is 10.7. The molecule has 22 heavy (non-hydrogen) atoms. The van der Waals surface area contributed by atoms with E-state index in [0.29, 0.717) is 10.3 Å². The molecule has 3 aromatic rings. The van der Waals surface area contributed by atoms with Crippen molar-refractivity contribution in [1.29, 1.82) is 0 Å². The van der Waals surface area contributed by atoms with Gasteiger partial charge in [-0.1, -0.05) is 83.5 Å². The second-order valence-electron chi connectivity index (χ2n) is 5.00. The normalized spacial score (nSPS) is 10.6. The number of halogens is 1. The summed E-state index contributed by atoms with van der Waals surface area (Å²) >= 11 is 7.74. The molecule has 0 saturated heterocycles. The Kier molecular flexibility index (Phi) is 4.76. The van der Waals surface area contributed by atoms with Crippen molar-refractivity contribution in [2.24, 2.45) is 0 Å². The minimum Gasteiger partial charge on any atom is -0.222 e. The van der Waals surface area contributed by atoms with Crippen LogP contribution in [0.2, 0.25) is 5.15 Å². The summed E-state index contributed by atoms with van der Waals surface area (Å²) in [7, 11) is 0. The average Bonchev–Trinajstić information content (AvgIpc) is 2.54. The van der Waals surface area contributed by atoms with E-state index in [4.69, 9.17) is 11.6 Å². The van der Waals surface area contributed by atoms with E-state index < -0.39 is 0 Å². The molecule has 0 unspecified atom stereocenters. The molecule has 0 bridgehead atoms. The van der Waals surface area contributed by atoms with Crippen molar-refractivity contribution in [3.8, 4) is 11.3 Å². The van der Waals surface area contributed by atoms with Crippen molar-refractivity contribution < 1.29 is 0 Å². The van der Waals surface area contributed by atoms with E-state index in [9.17, 15) is 0 Å². The second kappa shape index (κ2) is 6.95. The molecule has 110 valence electrons. The highest BCUT2D eigenvalue weighted by atomic mass is 35.5. The number of hydrogen-bond acceptors (Lipinski definition) is 3. The quantitative estimate of drug-likeness (QED) is 0.365. The Labute approximate surface area is 139 Å². The van der Waals surface area contributed by atoms with Crippen LogP contribution in [0.15, 0.2) is 65.8 Å². The van der Waals surface area contributed by atoms with Crippen LogP contribution in [0.25, 0.3) is 11.3 Å². The standard InChI is InChI=1S/C18H15ClN2S/c1-13-7-9-15(10-8-13)16-11-17(19)21-18(20-16)22-12-14-5-3-2-4-6-14/h2-11H,12H2,1H3. The summed E-state index contributed by atoms with van der Waals surface area (Å²) in [4.78, 5) is 8.93. The summed E-state index contributed by atoms with van der Waals surface area (Å²) in [5, 5.41) is 1.17. The lowest BCUT2D eigenvalue weighted by Gasteiger charge is -2.06. The molecule has 0 amide bonds. The van der Waals surface area contributed by atoms with Crippen molar-refractivity contribution in [2.75, 3.05) is 0 Å². The van der Waals surface area contributed by atoms with E-state index in [1.807, 2.05) is 18.2 Å². The fourth-order valence-electron chi connectivity index (χ4n) is 2.06. The third kappa shape index (κ3) is 3.87. The minimum atomic E-state index is 0.473. The van der Waals surface area contributed by atoms with Crippen LogP contribution in [-0.2, 0) is 5.75 Å². The highest BCUT2D eigenvalue weighted by Gasteiger charge is 2.06. The van der Waals surface area contributed by atoms with E-state index >= 15 is 0 Å². The van der Waals surface area contributed by atoms with Gasteiger partial charge >= 0.3 is 0 Å². The first kappa shape index (κ1) is 15.1. The van der Waals surface area contributed by atoms with Crippen LogP contribution in [0.4, 0.5) is 0 Å². The Balaban J connectivity index is 1.82. The summed E-state index contributed by atoms with van der Waals surface area (Å²) in [6, 6.07) is 20.3. The molecule has 0 atom stereocenters. The van der Waals surface area contributed by atoms with Crippen molar-refractivity contribution in [2.45, 2.75) is 17.8 Å². The van der Waals surface area contributed by atoms with Crippen molar-refractivity contribution in [3.63, 3.8) is 0 Å². The maximum Gasteiger partial charge on any atom is 0.189 e. The average molecular weight is 327 g/mol. The zero-order valence-corrected chi connectivity index (χ0v) is 13.7.